The SMILES string of the molecule is CCCCCCCCCCc1ccc(O)c(Cl)c1CCCCCCCCCC. The molecule has 0 aliphatic carbocycles. The van der Waals surface area contributed by atoms with Gasteiger partial charge >= 0.3 is 0 Å². The molecule has 0 amide bonds. The summed E-state index contributed by atoms with van der Waals surface area (Å²) in [5.74, 6) is 0.246. The van der Waals surface area contributed by atoms with Crippen molar-refractivity contribution in [2.24, 2.45) is 0 Å². The molecule has 0 heterocycles. The minimum atomic E-state index is 0.246. The van der Waals surface area contributed by atoms with Crippen molar-refractivity contribution >= 4 is 11.6 Å². The van der Waals surface area contributed by atoms with E-state index in [2.05, 4.69) is 19.9 Å². The van der Waals surface area contributed by atoms with E-state index in [1.807, 2.05) is 0 Å². The summed E-state index contributed by atoms with van der Waals surface area (Å²) >= 11 is 6.46. The number of aryl methyl sites for hydroxylation is 1. The van der Waals surface area contributed by atoms with Gasteiger partial charge in [0.05, 0.1) is 5.02 Å². The highest BCUT2D eigenvalue weighted by atomic mass is 35.5. The maximum Gasteiger partial charge on any atom is 0.134 e. The van der Waals surface area contributed by atoms with Crippen LogP contribution in [0.4, 0.5) is 0 Å². The van der Waals surface area contributed by atoms with Gasteiger partial charge in [0.1, 0.15) is 5.75 Å². The van der Waals surface area contributed by atoms with Crippen molar-refractivity contribution in [1.29, 1.82) is 0 Å². The van der Waals surface area contributed by atoms with Gasteiger partial charge in [0.2, 0.25) is 0 Å². The lowest BCUT2D eigenvalue weighted by Gasteiger charge is -2.13. The number of halogens is 1. The maximum atomic E-state index is 10.0. The number of unbranched alkanes of at least 4 members (excludes halogenated alkanes) is 14. The second kappa shape index (κ2) is 17.2. The molecule has 0 aromatic heterocycles. The van der Waals surface area contributed by atoms with E-state index in [9.17, 15) is 5.11 Å². The minimum absolute atomic E-state index is 0.246. The van der Waals surface area contributed by atoms with Gasteiger partial charge in [-0.3, -0.25) is 0 Å². The van der Waals surface area contributed by atoms with Gasteiger partial charge in [0.25, 0.3) is 0 Å². The normalized spacial score (nSPS) is 11.2. The monoisotopic (exact) mass is 408 g/mol. The Balaban J connectivity index is 2.30. The summed E-state index contributed by atoms with van der Waals surface area (Å²) in [7, 11) is 0. The number of phenols is 1. The molecular formula is C26H45ClO. The van der Waals surface area contributed by atoms with Crippen molar-refractivity contribution in [1.82, 2.24) is 0 Å². The predicted molar refractivity (Wildman–Crippen MR) is 126 cm³/mol. The molecule has 1 aromatic rings. The van der Waals surface area contributed by atoms with Crippen LogP contribution in [0.2, 0.25) is 5.02 Å². The van der Waals surface area contributed by atoms with E-state index in [1.54, 1.807) is 6.07 Å². The molecule has 0 unspecified atom stereocenters. The van der Waals surface area contributed by atoms with E-state index < -0.39 is 0 Å². The first-order chi connectivity index (χ1) is 13.7. The van der Waals surface area contributed by atoms with Gasteiger partial charge in [0, 0.05) is 0 Å². The average Bonchev–Trinajstić information content (AvgIpc) is 2.70. The van der Waals surface area contributed by atoms with Crippen molar-refractivity contribution in [3.05, 3.63) is 28.3 Å². The highest BCUT2D eigenvalue weighted by Crippen LogP contribution is 2.32. The van der Waals surface area contributed by atoms with E-state index in [-0.39, 0.29) is 5.75 Å². The molecule has 2 heteroatoms. The van der Waals surface area contributed by atoms with Crippen molar-refractivity contribution in [3.8, 4) is 5.75 Å². The van der Waals surface area contributed by atoms with Gasteiger partial charge in [0.15, 0.2) is 0 Å². The lowest BCUT2D eigenvalue weighted by molar-refractivity contribution is 0.474. The van der Waals surface area contributed by atoms with Gasteiger partial charge in [-0.05, 0) is 42.9 Å². The molecule has 28 heavy (non-hydrogen) atoms. The highest BCUT2D eigenvalue weighted by Gasteiger charge is 2.11. The Kier molecular flexibility index (Phi) is 15.6. The lowest BCUT2D eigenvalue weighted by Crippen LogP contribution is -1.97. The van der Waals surface area contributed by atoms with E-state index >= 15 is 0 Å². The molecule has 0 fully saturated rings. The van der Waals surface area contributed by atoms with E-state index in [0.717, 1.165) is 12.8 Å². The minimum Gasteiger partial charge on any atom is -0.506 e. The maximum absolute atomic E-state index is 10.0. The van der Waals surface area contributed by atoms with Crippen LogP contribution in [0.3, 0.4) is 0 Å². The molecule has 0 aliphatic rings. The fourth-order valence-corrected chi connectivity index (χ4v) is 4.32. The van der Waals surface area contributed by atoms with Crippen molar-refractivity contribution in [2.45, 2.75) is 129 Å². The van der Waals surface area contributed by atoms with Crippen LogP contribution >= 0.6 is 11.6 Å². The molecule has 0 aliphatic heterocycles. The quantitative estimate of drug-likeness (QED) is 0.240. The smallest absolute Gasteiger partial charge is 0.134 e. The van der Waals surface area contributed by atoms with Crippen LogP contribution < -0.4 is 0 Å². The highest BCUT2D eigenvalue weighted by molar-refractivity contribution is 6.32. The summed E-state index contributed by atoms with van der Waals surface area (Å²) in [5.41, 5.74) is 2.56. The van der Waals surface area contributed by atoms with Gasteiger partial charge in [-0.15, -0.1) is 0 Å². The van der Waals surface area contributed by atoms with Crippen LogP contribution in [0.1, 0.15) is 128 Å². The topological polar surface area (TPSA) is 20.2 Å². The molecule has 0 bridgehead atoms. The fourth-order valence-electron chi connectivity index (χ4n) is 4.04. The van der Waals surface area contributed by atoms with Crippen LogP contribution in [0.15, 0.2) is 12.1 Å². The zero-order valence-corrected chi connectivity index (χ0v) is 19.5. The second-order valence-electron chi connectivity index (χ2n) is 8.49. The molecule has 0 spiro atoms. The summed E-state index contributed by atoms with van der Waals surface area (Å²) in [6, 6.07) is 3.88. The number of aromatic hydroxyl groups is 1. The third kappa shape index (κ3) is 11.3. The molecule has 0 saturated carbocycles. The fraction of sp³-hybridized carbons (Fsp3) is 0.769. The molecular weight excluding hydrogens is 364 g/mol. The Bertz CT molecular complexity index is 497. The Labute approximate surface area is 180 Å². The molecule has 0 atom stereocenters. The third-order valence-corrected chi connectivity index (χ3v) is 6.32. The Morgan fingerprint density at radius 2 is 1.04 bits per heavy atom. The number of hydrogen-bond acceptors (Lipinski definition) is 1. The zero-order valence-electron chi connectivity index (χ0n) is 18.7. The van der Waals surface area contributed by atoms with Crippen molar-refractivity contribution in [3.63, 3.8) is 0 Å². The number of benzene rings is 1. The van der Waals surface area contributed by atoms with Gasteiger partial charge in [-0.25, -0.2) is 0 Å². The first kappa shape index (κ1) is 25.3. The molecule has 0 saturated heterocycles. The van der Waals surface area contributed by atoms with Crippen LogP contribution in [0.5, 0.6) is 5.75 Å². The lowest BCUT2D eigenvalue weighted by atomic mass is 9.95. The Hall–Kier alpha value is -0.690. The van der Waals surface area contributed by atoms with E-state index in [4.69, 9.17) is 11.6 Å². The molecule has 1 aromatic carbocycles. The molecule has 1 N–H and O–H groups in total. The summed E-state index contributed by atoms with van der Waals surface area (Å²) < 4.78 is 0. The Morgan fingerprint density at radius 3 is 1.54 bits per heavy atom. The first-order valence-corrected chi connectivity index (χ1v) is 12.6. The number of hydrogen-bond donors (Lipinski definition) is 1. The summed E-state index contributed by atoms with van der Waals surface area (Å²) in [4.78, 5) is 0. The Morgan fingerprint density at radius 1 is 0.607 bits per heavy atom. The summed E-state index contributed by atoms with van der Waals surface area (Å²) in [6.45, 7) is 4.54. The van der Waals surface area contributed by atoms with E-state index in [0.29, 0.717) is 5.02 Å². The zero-order chi connectivity index (χ0) is 20.5. The molecule has 1 rings (SSSR count). The predicted octanol–water partition coefficient (Wildman–Crippen LogP) is 9.41. The number of phenolic OH excluding ortho intramolecular Hbond substituents is 1. The second-order valence-corrected chi connectivity index (χ2v) is 8.86. The third-order valence-electron chi connectivity index (χ3n) is 5.90. The van der Waals surface area contributed by atoms with Crippen molar-refractivity contribution < 1.29 is 5.11 Å². The van der Waals surface area contributed by atoms with Crippen LogP contribution in [0.25, 0.3) is 0 Å². The van der Waals surface area contributed by atoms with Crippen LogP contribution in [-0.4, -0.2) is 5.11 Å². The van der Waals surface area contributed by atoms with Gasteiger partial charge < -0.3 is 5.11 Å². The standard InChI is InChI=1S/C26H45ClO/c1-3-5-7-9-11-13-15-17-19-23-21-22-25(28)26(27)24(23)20-18-16-14-12-10-8-6-4-2/h21-22,28H,3-20H2,1-2H3. The molecule has 1 nitrogen and oxygen atoms in total. The van der Waals surface area contributed by atoms with Crippen molar-refractivity contribution in [2.75, 3.05) is 0 Å². The summed E-state index contributed by atoms with van der Waals surface area (Å²) in [5, 5.41) is 10.6. The van der Waals surface area contributed by atoms with Crippen LogP contribution in [-0.2, 0) is 12.8 Å². The number of rotatable bonds is 18. The van der Waals surface area contributed by atoms with E-state index in [1.165, 1.54) is 114 Å². The summed E-state index contributed by atoms with van der Waals surface area (Å²) in [6.07, 6.45) is 23.5. The molecule has 162 valence electrons. The first-order valence-electron chi connectivity index (χ1n) is 12.2. The largest absolute Gasteiger partial charge is 0.506 e. The average molecular weight is 409 g/mol. The van der Waals surface area contributed by atoms with Gasteiger partial charge in [-0.1, -0.05) is 121 Å². The molecule has 0 radical (unpaired) electrons. The van der Waals surface area contributed by atoms with Gasteiger partial charge in [-0.2, -0.15) is 0 Å². The van der Waals surface area contributed by atoms with Crippen LogP contribution in [0, 0.1) is 0 Å².